The molecule has 0 aromatic carbocycles. The number of imidazole rings is 1. The Morgan fingerprint density at radius 3 is 2.61 bits per heavy atom. The van der Waals surface area contributed by atoms with Crippen molar-refractivity contribution in [3.63, 3.8) is 0 Å². The lowest BCUT2D eigenvalue weighted by atomic mass is 9.90. The zero-order valence-electron chi connectivity index (χ0n) is 13.1. The van der Waals surface area contributed by atoms with Gasteiger partial charge in [0.2, 0.25) is 5.65 Å². The Morgan fingerprint density at radius 2 is 1.91 bits per heavy atom. The molecule has 23 heavy (non-hydrogen) atoms. The first kappa shape index (κ1) is 14.1. The van der Waals surface area contributed by atoms with E-state index in [1.807, 2.05) is 24.0 Å². The van der Waals surface area contributed by atoms with Crippen LogP contribution in [-0.4, -0.2) is 54.8 Å². The van der Waals surface area contributed by atoms with Crippen LogP contribution in [0.4, 0.5) is 5.82 Å². The molecule has 1 fully saturated rings. The van der Waals surface area contributed by atoms with Crippen LogP contribution in [0.2, 0.25) is 0 Å². The van der Waals surface area contributed by atoms with Gasteiger partial charge in [-0.05, 0) is 10.4 Å². The van der Waals surface area contributed by atoms with E-state index in [9.17, 15) is 0 Å². The zero-order valence-corrected chi connectivity index (χ0v) is 13.1. The highest BCUT2D eigenvalue weighted by atomic mass is 16.5. The fourth-order valence-electron chi connectivity index (χ4n) is 3.29. The molecule has 3 aromatic rings. The molecule has 1 aliphatic rings. The van der Waals surface area contributed by atoms with Gasteiger partial charge in [0, 0.05) is 58.7 Å². The summed E-state index contributed by atoms with van der Waals surface area (Å²) in [4.78, 5) is 11.1. The van der Waals surface area contributed by atoms with E-state index in [0.717, 1.165) is 37.6 Å². The third kappa shape index (κ3) is 2.15. The van der Waals surface area contributed by atoms with Gasteiger partial charge in [-0.1, -0.05) is 0 Å². The van der Waals surface area contributed by atoms with Gasteiger partial charge in [0.05, 0.1) is 6.20 Å². The summed E-state index contributed by atoms with van der Waals surface area (Å²) in [5.74, 6) is 1.78. The van der Waals surface area contributed by atoms with Crippen molar-refractivity contribution in [2.24, 2.45) is 7.05 Å². The van der Waals surface area contributed by atoms with E-state index in [1.54, 1.807) is 24.0 Å². The molecule has 0 radical (unpaired) electrons. The highest BCUT2D eigenvalue weighted by molar-refractivity contribution is 5.62. The molecule has 0 bridgehead atoms. The number of hydrogen-bond acceptors (Lipinski definition) is 7. The predicted molar refractivity (Wildman–Crippen MR) is 81.9 cm³/mol. The van der Waals surface area contributed by atoms with Gasteiger partial charge in [-0.25, -0.2) is 9.97 Å². The molecule has 1 saturated heterocycles. The molecular formula is C14H18N8O. The van der Waals surface area contributed by atoms with E-state index < -0.39 is 0 Å². The molecule has 0 N–H and O–H groups in total. The van der Waals surface area contributed by atoms with Crippen LogP contribution in [0.15, 0.2) is 24.8 Å². The number of methoxy groups -OCH3 is 1. The molecular weight excluding hydrogens is 296 g/mol. The Labute approximate surface area is 132 Å². The van der Waals surface area contributed by atoms with Gasteiger partial charge in [-0.15, -0.1) is 5.10 Å². The minimum atomic E-state index is -0.355. The minimum Gasteiger partial charge on any atom is -0.370 e. The lowest BCUT2D eigenvalue weighted by Gasteiger charge is -2.40. The highest BCUT2D eigenvalue weighted by Gasteiger charge is 2.40. The lowest BCUT2D eigenvalue weighted by molar-refractivity contribution is -0.0437. The normalized spacial score (nSPS) is 17.7. The van der Waals surface area contributed by atoms with Crippen LogP contribution in [0.3, 0.4) is 0 Å². The Hall–Kier alpha value is -2.55. The third-order valence-electron chi connectivity index (χ3n) is 4.59. The van der Waals surface area contributed by atoms with Crippen LogP contribution in [0.25, 0.3) is 5.65 Å². The van der Waals surface area contributed by atoms with Gasteiger partial charge in [0.1, 0.15) is 11.4 Å². The SMILES string of the molecule is COC1(c2nccn2C)CCN(c2nccn3nnnc23)CC1. The largest absolute Gasteiger partial charge is 0.370 e. The number of aromatic nitrogens is 7. The van der Waals surface area contributed by atoms with Gasteiger partial charge >= 0.3 is 0 Å². The molecule has 9 nitrogen and oxygen atoms in total. The molecule has 0 amide bonds. The van der Waals surface area contributed by atoms with Crippen molar-refractivity contribution in [1.82, 2.24) is 34.6 Å². The van der Waals surface area contributed by atoms with E-state index >= 15 is 0 Å². The van der Waals surface area contributed by atoms with Crippen molar-refractivity contribution in [2.75, 3.05) is 25.1 Å². The van der Waals surface area contributed by atoms with Crippen molar-refractivity contribution in [2.45, 2.75) is 18.4 Å². The second-order valence-corrected chi connectivity index (χ2v) is 5.75. The molecule has 4 heterocycles. The number of anilines is 1. The number of fused-ring (bicyclic) bond motifs is 1. The van der Waals surface area contributed by atoms with Crippen LogP contribution in [0, 0.1) is 0 Å². The summed E-state index contributed by atoms with van der Waals surface area (Å²) in [5.41, 5.74) is 0.320. The first-order chi connectivity index (χ1) is 11.2. The molecule has 0 unspecified atom stereocenters. The smallest absolute Gasteiger partial charge is 0.221 e. The predicted octanol–water partition coefficient (Wildman–Crippen LogP) is 0.395. The summed E-state index contributed by atoms with van der Waals surface area (Å²) in [6.07, 6.45) is 8.89. The highest BCUT2D eigenvalue weighted by Crippen LogP contribution is 2.36. The third-order valence-corrected chi connectivity index (χ3v) is 4.59. The second kappa shape index (κ2) is 5.27. The van der Waals surface area contributed by atoms with Crippen molar-refractivity contribution in [1.29, 1.82) is 0 Å². The maximum atomic E-state index is 5.88. The van der Waals surface area contributed by atoms with E-state index in [1.165, 1.54) is 0 Å². The number of nitrogens with zero attached hydrogens (tertiary/aromatic N) is 8. The van der Waals surface area contributed by atoms with Crippen LogP contribution < -0.4 is 4.90 Å². The van der Waals surface area contributed by atoms with Crippen molar-refractivity contribution < 1.29 is 4.74 Å². The molecule has 1 aliphatic heterocycles. The molecule has 4 rings (SSSR count). The first-order valence-corrected chi connectivity index (χ1v) is 7.54. The molecule has 0 spiro atoms. The van der Waals surface area contributed by atoms with Gasteiger partial charge in [-0.2, -0.15) is 4.52 Å². The standard InChI is InChI=1S/C14H18N8O/c1-20-9-5-16-13(20)14(23-2)3-7-21(8-4-14)11-12-17-18-19-22(12)10-6-15-11/h5-6,9-10H,3-4,7-8H2,1-2H3. The molecule has 0 saturated carbocycles. The van der Waals surface area contributed by atoms with Gasteiger partial charge in [0.25, 0.3) is 0 Å². The Balaban J connectivity index is 1.61. The van der Waals surface area contributed by atoms with Crippen LogP contribution >= 0.6 is 0 Å². The maximum absolute atomic E-state index is 5.88. The van der Waals surface area contributed by atoms with Crippen molar-refractivity contribution >= 4 is 11.5 Å². The summed E-state index contributed by atoms with van der Waals surface area (Å²) in [6, 6.07) is 0. The van der Waals surface area contributed by atoms with E-state index in [-0.39, 0.29) is 5.60 Å². The molecule has 3 aromatic heterocycles. The number of hydrogen-bond donors (Lipinski definition) is 0. The van der Waals surface area contributed by atoms with Crippen LogP contribution in [0.5, 0.6) is 0 Å². The topological polar surface area (TPSA) is 86.3 Å². The molecule has 9 heteroatoms. The van der Waals surface area contributed by atoms with Crippen molar-refractivity contribution in [3.8, 4) is 0 Å². The van der Waals surface area contributed by atoms with Crippen LogP contribution in [0.1, 0.15) is 18.7 Å². The Kier molecular flexibility index (Phi) is 3.22. The Bertz CT molecular complexity index is 817. The zero-order chi connectivity index (χ0) is 15.9. The van der Waals surface area contributed by atoms with Crippen LogP contribution in [-0.2, 0) is 17.4 Å². The fourth-order valence-corrected chi connectivity index (χ4v) is 3.29. The van der Waals surface area contributed by atoms with Gasteiger partial charge < -0.3 is 14.2 Å². The summed E-state index contributed by atoms with van der Waals surface area (Å²) in [6.45, 7) is 1.61. The fraction of sp³-hybridized carbons (Fsp3) is 0.500. The quantitative estimate of drug-likeness (QED) is 0.691. The number of piperidine rings is 1. The lowest BCUT2D eigenvalue weighted by Crippen LogP contribution is -2.45. The van der Waals surface area contributed by atoms with Gasteiger partial charge in [0.15, 0.2) is 5.82 Å². The summed E-state index contributed by atoms with van der Waals surface area (Å²) in [5, 5.41) is 11.7. The average Bonchev–Trinajstić information content (AvgIpc) is 3.23. The number of ether oxygens (including phenoxy) is 1. The number of tetrazole rings is 1. The summed E-state index contributed by atoms with van der Waals surface area (Å²) in [7, 11) is 3.76. The maximum Gasteiger partial charge on any atom is 0.221 e. The average molecular weight is 314 g/mol. The van der Waals surface area contributed by atoms with E-state index in [0.29, 0.717) is 5.65 Å². The first-order valence-electron chi connectivity index (χ1n) is 7.54. The van der Waals surface area contributed by atoms with E-state index in [4.69, 9.17) is 4.74 Å². The van der Waals surface area contributed by atoms with Gasteiger partial charge in [-0.3, -0.25) is 0 Å². The Morgan fingerprint density at radius 1 is 1.13 bits per heavy atom. The second-order valence-electron chi connectivity index (χ2n) is 5.75. The van der Waals surface area contributed by atoms with Crippen molar-refractivity contribution in [3.05, 3.63) is 30.6 Å². The van der Waals surface area contributed by atoms with E-state index in [2.05, 4.69) is 30.4 Å². The summed E-state index contributed by atoms with van der Waals surface area (Å²) >= 11 is 0. The minimum absolute atomic E-state index is 0.355. The monoisotopic (exact) mass is 314 g/mol. The number of rotatable bonds is 3. The summed E-state index contributed by atoms with van der Waals surface area (Å²) < 4.78 is 9.55. The molecule has 120 valence electrons. The molecule has 0 aliphatic carbocycles. The number of aryl methyl sites for hydroxylation is 1. The molecule has 0 atom stereocenters.